The van der Waals surface area contributed by atoms with Crippen molar-refractivity contribution in [1.82, 2.24) is 31.9 Å². The fraction of sp³-hybridized carbons (Fsp3) is 0.842. The molecule has 16 heteroatoms. The predicted octanol–water partition coefficient (Wildman–Crippen LogP) is 5.96. The highest BCUT2D eigenvalue weighted by molar-refractivity contribution is 5.86. The van der Waals surface area contributed by atoms with Gasteiger partial charge in [0.15, 0.2) is 0 Å². The van der Waals surface area contributed by atoms with Gasteiger partial charge in [0.1, 0.15) is 34.5 Å². The van der Waals surface area contributed by atoms with Gasteiger partial charge in [-0.15, -0.1) is 0 Å². The van der Waals surface area contributed by atoms with Gasteiger partial charge in [0.05, 0.1) is 0 Å². The third-order valence-corrected chi connectivity index (χ3v) is 6.89. The summed E-state index contributed by atoms with van der Waals surface area (Å²) in [7, 11) is 0. The average molecular weight is 773 g/mol. The molecule has 0 aromatic carbocycles. The van der Waals surface area contributed by atoms with Crippen LogP contribution in [0.2, 0.25) is 0 Å². The monoisotopic (exact) mass is 773 g/mol. The summed E-state index contributed by atoms with van der Waals surface area (Å²) >= 11 is 0. The summed E-state index contributed by atoms with van der Waals surface area (Å²) in [6.45, 7) is 22.7. The maximum atomic E-state index is 13.0. The molecule has 0 unspecified atom stereocenters. The number of hydrogen-bond acceptors (Lipinski definition) is 10. The van der Waals surface area contributed by atoms with E-state index < -0.39 is 58.9 Å². The van der Waals surface area contributed by atoms with E-state index in [1.165, 1.54) is 0 Å². The Hall–Kier alpha value is -3.98. The Labute approximate surface area is 323 Å². The first-order valence-electron chi connectivity index (χ1n) is 19.2. The van der Waals surface area contributed by atoms with Crippen LogP contribution in [0.3, 0.4) is 0 Å². The summed E-state index contributed by atoms with van der Waals surface area (Å²) in [4.78, 5) is 74.6. The Morgan fingerprint density at radius 1 is 0.370 bits per heavy atom. The van der Waals surface area contributed by atoms with Crippen molar-refractivity contribution in [3.05, 3.63) is 0 Å². The SMILES string of the molecule is CC(C)(C)OC(=O)NCCCC[C@H](NC(=O)OC(C)(C)C)C(=O)NCCCCCCNC(=O)[C@H](CCCCNC(=O)OC(C)(C)C)NC(=O)OC(C)(C)C. The van der Waals surface area contributed by atoms with E-state index in [4.69, 9.17) is 18.9 Å². The van der Waals surface area contributed by atoms with Crippen LogP contribution in [0.5, 0.6) is 0 Å². The zero-order valence-electron chi connectivity index (χ0n) is 35.1. The normalized spacial score (nSPS) is 13.0. The van der Waals surface area contributed by atoms with Crippen LogP contribution in [-0.4, -0.2) is 96.9 Å². The number of ether oxygens (including phenoxy) is 4. The number of unbranched alkanes of at least 4 members (excludes halogenated alkanes) is 5. The molecular formula is C38H72N6O10. The summed E-state index contributed by atoms with van der Waals surface area (Å²) in [5, 5.41) is 16.5. The predicted molar refractivity (Wildman–Crippen MR) is 207 cm³/mol. The second-order valence-corrected chi connectivity index (χ2v) is 17.2. The van der Waals surface area contributed by atoms with E-state index in [9.17, 15) is 28.8 Å². The molecule has 16 nitrogen and oxygen atoms in total. The molecule has 0 rings (SSSR count). The highest BCUT2D eigenvalue weighted by Gasteiger charge is 2.26. The number of rotatable bonds is 21. The van der Waals surface area contributed by atoms with Crippen molar-refractivity contribution in [2.24, 2.45) is 0 Å². The molecule has 54 heavy (non-hydrogen) atoms. The van der Waals surface area contributed by atoms with Crippen molar-refractivity contribution in [3.8, 4) is 0 Å². The van der Waals surface area contributed by atoms with Crippen molar-refractivity contribution in [1.29, 1.82) is 0 Å². The maximum absolute atomic E-state index is 13.0. The second kappa shape index (κ2) is 24.4. The van der Waals surface area contributed by atoms with Crippen LogP contribution < -0.4 is 31.9 Å². The standard InChI is InChI=1S/C38H72N6O10/c1-35(2,3)51-31(47)41-25-19-15-21-27(43-33(49)53-37(7,8)9)29(45)39-23-17-13-14-18-24-40-30(46)28(44-34(50)54-38(10,11)12)22-16-20-26-42-32(48)52-36(4,5)6/h27-28H,13-26H2,1-12H3,(H,39,45)(H,40,46)(H,41,47)(H,42,48)(H,43,49)(H,44,50)/t27-,28-/m0/s1. The Morgan fingerprint density at radius 3 is 0.926 bits per heavy atom. The third kappa shape index (κ3) is 30.5. The van der Waals surface area contributed by atoms with Gasteiger partial charge in [0.2, 0.25) is 11.8 Å². The molecule has 314 valence electrons. The molecule has 0 aliphatic carbocycles. The zero-order valence-corrected chi connectivity index (χ0v) is 35.1. The number of carbonyl (C=O) groups is 6. The van der Waals surface area contributed by atoms with Crippen LogP contribution in [0.1, 0.15) is 147 Å². The molecule has 6 amide bonds. The van der Waals surface area contributed by atoms with Crippen molar-refractivity contribution in [2.45, 2.75) is 182 Å². The summed E-state index contributed by atoms with van der Waals surface area (Å²) in [6, 6.07) is -1.61. The van der Waals surface area contributed by atoms with Gasteiger partial charge >= 0.3 is 24.4 Å². The number of alkyl carbamates (subject to hydrolysis) is 4. The minimum absolute atomic E-state index is 0.322. The van der Waals surface area contributed by atoms with Crippen molar-refractivity contribution >= 4 is 36.2 Å². The van der Waals surface area contributed by atoms with Crippen molar-refractivity contribution < 1.29 is 47.7 Å². The molecule has 0 saturated heterocycles. The van der Waals surface area contributed by atoms with Crippen LogP contribution in [0.25, 0.3) is 0 Å². The first-order valence-corrected chi connectivity index (χ1v) is 19.2. The van der Waals surface area contributed by atoms with Gasteiger partial charge in [-0.05, 0) is 134 Å². The molecule has 0 aliphatic rings. The van der Waals surface area contributed by atoms with Crippen LogP contribution in [0, 0.1) is 0 Å². The van der Waals surface area contributed by atoms with E-state index in [0.717, 1.165) is 12.8 Å². The maximum Gasteiger partial charge on any atom is 0.408 e. The Balaban J connectivity index is 4.76. The highest BCUT2D eigenvalue weighted by atomic mass is 16.6. The molecule has 0 aromatic heterocycles. The van der Waals surface area contributed by atoms with E-state index in [-0.39, 0.29) is 11.8 Å². The van der Waals surface area contributed by atoms with Crippen LogP contribution in [0.4, 0.5) is 19.2 Å². The van der Waals surface area contributed by atoms with Gasteiger partial charge < -0.3 is 50.8 Å². The Bertz CT molecular complexity index is 1080. The zero-order chi connectivity index (χ0) is 41.6. The number of hydrogen-bond donors (Lipinski definition) is 6. The highest BCUT2D eigenvalue weighted by Crippen LogP contribution is 2.12. The lowest BCUT2D eigenvalue weighted by atomic mass is 10.1. The summed E-state index contributed by atoms with van der Waals surface area (Å²) in [5.41, 5.74) is -2.64. The van der Waals surface area contributed by atoms with Gasteiger partial charge in [-0.25, -0.2) is 19.2 Å². The molecule has 0 saturated carbocycles. The van der Waals surface area contributed by atoms with Crippen molar-refractivity contribution in [2.75, 3.05) is 26.2 Å². The fourth-order valence-corrected chi connectivity index (χ4v) is 4.67. The van der Waals surface area contributed by atoms with Gasteiger partial charge in [-0.3, -0.25) is 9.59 Å². The van der Waals surface area contributed by atoms with Gasteiger partial charge in [0, 0.05) is 26.2 Å². The Kier molecular flexibility index (Phi) is 22.6. The molecule has 0 spiro atoms. The summed E-state index contributed by atoms with van der Waals surface area (Å²) in [5.74, 6) is -0.644. The molecule has 0 radical (unpaired) electrons. The van der Waals surface area contributed by atoms with Gasteiger partial charge in [-0.2, -0.15) is 0 Å². The molecule has 0 heterocycles. The van der Waals surface area contributed by atoms with Crippen molar-refractivity contribution in [3.63, 3.8) is 0 Å². The molecular weight excluding hydrogens is 700 g/mol. The lowest BCUT2D eigenvalue weighted by molar-refractivity contribution is -0.124. The van der Waals surface area contributed by atoms with Gasteiger partial charge in [-0.1, -0.05) is 12.8 Å². The van der Waals surface area contributed by atoms with E-state index in [1.807, 2.05) is 0 Å². The minimum atomic E-state index is -0.805. The molecule has 0 bridgehead atoms. The van der Waals surface area contributed by atoms with E-state index in [1.54, 1.807) is 83.1 Å². The number of amides is 6. The molecule has 6 N–H and O–H groups in total. The van der Waals surface area contributed by atoms with Gasteiger partial charge in [0.25, 0.3) is 0 Å². The number of carbonyl (C=O) groups excluding carboxylic acids is 6. The first kappa shape index (κ1) is 50.0. The number of nitrogens with one attached hydrogen (secondary N) is 6. The van der Waals surface area contributed by atoms with Crippen LogP contribution >= 0.6 is 0 Å². The first-order chi connectivity index (χ1) is 24.8. The summed E-state index contributed by atoms with van der Waals surface area (Å²) < 4.78 is 21.2. The van der Waals surface area contributed by atoms with E-state index in [2.05, 4.69) is 31.9 Å². The summed E-state index contributed by atoms with van der Waals surface area (Å²) in [6.07, 6.45) is 3.59. The lowest BCUT2D eigenvalue weighted by Crippen LogP contribution is -2.48. The van der Waals surface area contributed by atoms with E-state index >= 15 is 0 Å². The van der Waals surface area contributed by atoms with Crippen LogP contribution in [-0.2, 0) is 28.5 Å². The topological polar surface area (TPSA) is 212 Å². The minimum Gasteiger partial charge on any atom is -0.444 e. The quantitative estimate of drug-likeness (QED) is 0.0596. The Morgan fingerprint density at radius 2 is 0.630 bits per heavy atom. The molecule has 0 aromatic rings. The van der Waals surface area contributed by atoms with Crippen LogP contribution in [0.15, 0.2) is 0 Å². The van der Waals surface area contributed by atoms with E-state index in [0.29, 0.717) is 77.5 Å². The fourth-order valence-electron chi connectivity index (χ4n) is 4.67. The average Bonchev–Trinajstić information content (AvgIpc) is 2.97. The largest absolute Gasteiger partial charge is 0.444 e. The molecule has 0 aliphatic heterocycles. The lowest BCUT2D eigenvalue weighted by Gasteiger charge is -2.23. The second-order valence-electron chi connectivity index (χ2n) is 17.2. The molecule has 2 atom stereocenters. The third-order valence-electron chi connectivity index (χ3n) is 6.89. The smallest absolute Gasteiger partial charge is 0.408 e. The molecule has 0 fully saturated rings.